The zero-order valence-electron chi connectivity index (χ0n) is 7.31. The van der Waals surface area contributed by atoms with Gasteiger partial charge in [0.2, 0.25) is 0 Å². The maximum Gasteiger partial charge on any atom is 0.338 e. The number of carbonyl (C=O) groups is 1. The summed E-state index contributed by atoms with van der Waals surface area (Å²) in [5.41, 5.74) is 1.53. The fourth-order valence-electron chi connectivity index (χ4n) is 0.999. The summed E-state index contributed by atoms with van der Waals surface area (Å²) in [4.78, 5) is 11.4. The Hall–Kier alpha value is 0.380. The number of methoxy groups -OCH3 is 1. The van der Waals surface area contributed by atoms with Gasteiger partial charge in [0.1, 0.15) is 0 Å². The quantitative estimate of drug-likeness (QED) is 0.403. The van der Waals surface area contributed by atoms with Crippen molar-refractivity contribution in [2.45, 2.75) is 5.33 Å². The summed E-state index contributed by atoms with van der Waals surface area (Å²) in [6.07, 6.45) is 0. The lowest BCUT2D eigenvalue weighted by Crippen LogP contribution is -2.05. The topological polar surface area (TPSA) is 26.3 Å². The third-order valence-electron chi connectivity index (χ3n) is 1.70. The SMILES string of the molecule is COC(=O)c1cc(I)c(Br)cc1CBr. The minimum atomic E-state index is -0.301. The van der Waals surface area contributed by atoms with Gasteiger partial charge in [0.05, 0.1) is 12.7 Å². The molecule has 0 bridgehead atoms. The first-order chi connectivity index (χ1) is 6.60. The third kappa shape index (κ3) is 2.70. The van der Waals surface area contributed by atoms with Gasteiger partial charge in [-0.2, -0.15) is 0 Å². The highest BCUT2D eigenvalue weighted by atomic mass is 127. The van der Waals surface area contributed by atoms with Crippen molar-refractivity contribution < 1.29 is 9.53 Å². The fraction of sp³-hybridized carbons (Fsp3) is 0.222. The van der Waals surface area contributed by atoms with Crippen LogP contribution in [0.25, 0.3) is 0 Å². The molecule has 0 N–H and O–H groups in total. The van der Waals surface area contributed by atoms with Crippen LogP contribution in [0.3, 0.4) is 0 Å². The van der Waals surface area contributed by atoms with Gasteiger partial charge in [-0.25, -0.2) is 4.79 Å². The van der Waals surface area contributed by atoms with Crippen molar-refractivity contribution in [3.05, 3.63) is 31.3 Å². The van der Waals surface area contributed by atoms with Gasteiger partial charge in [0.25, 0.3) is 0 Å². The predicted molar refractivity (Wildman–Crippen MR) is 70.8 cm³/mol. The van der Waals surface area contributed by atoms with Crippen LogP contribution in [0.4, 0.5) is 0 Å². The van der Waals surface area contributed by atoms with E-state index in [2.05, 4.69) is 54.5 Å². The first-order valence-electron chi connectivity index (χ1n) is 3.72. The number of esters is 1. The lowest BCUT2D eigenvalue weighted by molar-refractivity contribution is 0.0599. The van der Waals surface area contributed by atoms with Gasteiger partial charge in [-0.15, -0.1) is 0 Å². The van der Waals surface area contributed by atoms with Crippen LogP contribution in [0, 0.1) is 3.57 Å². The van der Waals surface area contributed by atoms with E-state index in [1.54, 1.807) is 0 Å². The molecule has 14 heavy (non-hydrogen) atoms. The second-order valence-corrected chi connectivity index (χ2v) is 5.13. The Bertz CT molecular complexity index is 366. The highest BCUT2D eigenvalue weighted by Crippen LogP contribution is 2.25. The number of hydrogen-bond acceptors (Lipinski definition) is 2. The number of hydrogen-bond donors (Lipinski definition) is 0. The number of carbonyl (C=O) groups excluding carboxylic acids is 1. The monoisotopic (exact) mass is 432 g/mol. The fourth-order valence-corrected chi connectivity index (χ4v) is 2.32. The molecule has 0 aliphatic carbocycles. The van der Waals surface area contributed by atoms with Crippen LogP contribution in [0.15, 0.2) is 16.6 Å². The Labute approximate surface area is 113 Å². The molecular weight excluding hydrogens is 427 g/mol. The van der Waals surface area contributed by atoms with Crippen molar-refractivity contribution in [3.63, 3.8) is 0 Å². The minimum absolute atomic E-state index is 0.301. The minimum Gasteiger partial charge on any atom is -0.465 e. The van der Waals surface area contributed by atoms with Crippen LogP contribution in [-0.4, -0.2) is 13.1 Å². The highest BCUT2D eigenvalue weighted by Gasteiger charge is 2.13. The maximum atomic E-state index is 11.4. The van der Waals surface area contributed by atoms with E-state index in [4.69, 9.17) is 4.74 Å². The van der Waals surface area contributed by atoms with E-state index < -0.39 is 0 Å². The summed E-state index contributed by atoms with van der Waals surface area (Å²) >= 11 is 8.91. The molecule has 0 atom stereocenters. The van der Waals surface area contributed by atoms with E-state index in [-0.39, 0.29) is 5.97 Å². The van der Waals surface area contributed by atoms with Crippen LogP contribution >= 0.6 is 54.5 Å². The van der Waals surface area contributed by atoms with Crippen molar-refractivity contribution in [2.24, 2.45) is 0 Å². The van der Waals surface area contributed by atoms with Crippen molar-refractivity contribution in [3.8, 4) is 0 Å². The van der Waals surface area contributed by atoms with Crippen LogP contribution in [-0.2, 0) is 10.1 Å². The van der Waals surface area contributed by atoms with Crippen molar-refractivity contribution in [2.75, 3.05) is 7.11 Å². The summed E-state index contributed by atoms with van der Waals surface area (Å²) < 4.78 is 6.67. The van der Waals surface area contributed by atoms with Crippen molar-refractivity contribution in [1.29, 1.82) is 0 Å². The highest BCUT2D eigenvalue weighted by molar-refractivity contribution is 14.1. The van der Waals surface area contributed by atoms with Gasteiger partial charge in [-0.05, 0) is 56.2 Å². The van der Waals surface area contributed by atoms with E-state index in [0.717, 1.165) is 13.6 Å². The molecule has 0 spiro atoms. The predicted octanol–water partition coefficient (Wildman–Crippen LogP) is 3.74. The Balaban J connectivity index is 3.27. The zero-order chi connectivity index (χ0) is 10.7. The molecule has 0 aromatic heterocycles. The molecule has 0 saturated heterocycles. The summed E-state index contributed by atoms with van der Waals surface area (Å²) in [7, 11) is 1.38. The summed E-state index contributed by atoms with van der Waals surface area (Å²) in [5.74, 6) is -0.301. The van der Waals surface area contributed by atoms with Gasteiger partial charge >= 0.3 is 5.97 Å². The van der Waals surface area contributed by atoms with Crippen molar-refractivity contribution >= 4 is 60.4 Å². The second kappa shape index (κ2) is 5.46. The molecule has 1 aromatic rings. The molecule has 1 rings (SSSR count). The van der Waals surface area contributed by atoms with Crippen LogP contribution in [0.5, 0.6) is 0 Å². The smallest absolute Gasteiger partial charge is 0.338 e. The normalized spacial score (nSPS) is 10.0. The average molecular weight is 434 g/mol. The van der Waals surface area contributed by atoms with E-state index in [1.165, 1.54) is 7.11 Å². The molecule has 0 aliphatic rings. The Kier molecular flexibility index (Phi) is 4.86. The molecule has 0 radical (unpaired) electrons. The largest absolute Gasteiger partial charge is 0.465 e. The Morgan fingerprint density at radius 2 is 2.21 bits per heavy atom. The van der Waals surface area contributed by atoms with E-state index in [1.807, 2.05) is 12.1 Å². The number of benzene rings is 1. The molecule has 0 saturated carbocycles. The third-order valence-corrected chi connectivity index (χ3v) is 4.59. The summed E-state index contributed by atoms with van der Waals surface area (Å²) in [6.45, 7) is 0. The van der Waals surface area contributed by atoms with Crippen LogP contribution in [0.1, 0.15) is 15.9 Å². The maximum absolute atomic E-state index is 11.4. The first kappa shape index (κ1) is 12.4. The van der Waals surface area contributed by atoms with Gasteiger partial charge < -0.3 is 4.74 Å². The van der Waals surface area contributed by atoms with Crippen LogP contribution < -0.4 is 0 Å². The Morgan fingerprint density at radius 3 is 2.71 bits per heavy atom. The molecule has 2 nitrogen and oxygen atoms in total. The lowest BCUT2D eigenvalue weighted by atomic mass is 10.1. The van der Waals surface area contributed by atoms with Crippen LogP contribution in [0.2, 0.25) is 0 Å². The van der Waals surface area contributed by atoms with Gasteiger partial charge in [0.15, 0.2) is 0 Å². The number of halogens is 3. The number of alkyl halides is 1. The average Bonchev–Trinajstić information content (AvgIpc) is 2.20. The molecule has 0 heterocycles. The summed E-state index contributed by atoms with van der Waals surface area (Å²) in [6, 6.07) is 3.73. The van der Waals surface area contributed by atoms with Gasteiger partial charge in [-0.3, -0.25) is 0 Å². The molecule has 76 valence electrons. The van der Waals surface area contributed by atoms with Gasteiger partial charge in [-0.1, -0.05) is 15.9 Å². The molecule has 0 amide bonds. The lowest BCUT2D eigenvalue weighted by Gasteiger charge is -2.07. The molecule has 1 aromatic carbocycles. The molecule has 5 heteroatoms. The van der Waals surface area contributed by atoms with E-state index in [0.29, 0.717) is 10.9 Å². The van der Waals surface area contributed by atoms with Gasteiger partial charge in [0, 0.05) is 13.4 Å². The molecule has 0 unspecified atom stereocenters. The first-order valence-corrected chi connectivity index (χ1v) is 6.71. The number of rotatable bonds is 2. The van der Waals surface area contributed by atoms with E-state index in [9.17, 15) is 4.79 Å². The number of ether oxygens (including phenoxy) is 1. The zero-order valence-corrected chi connectivity index (χ0v) is 12.6. The molecule has 0 aliphatic heterocycles. The van der Waals surface area contributed by atoms with E-state index >= 15 is 0 Å². The standard InChI is InChI=1S/C9H7Br2IO2/c1-14-9(13)6-3-8(12)7(11)2-5(6)4-10/h2-3H,4H2,1H3. The molecular formula is C9H7Br2IO2. The van der Waals surface area contributed by atoms with Crippen molar-refractivity contribution in [1.82, 2.24) is 0 Å². The Morgan fingerprint density at radius 1 is 1.57 bits per heavy atom. The summed E-state index contributed by atoms with van der Waals surface area (Å²) in [5, 5.41) is 0.632. The second-order valence-electron chi connectivity index (χ2n) is 2.55. The molecule has 0 fully saturated rings.